The maximum atomic E-state index is 13.6. The lowest BCUT2D eigenvalue weighted by Crippen LogP contribution is -2.49. The topological polar surface area (TPSA) is 226 Å². The standard InChI is InChI=1S/C40H54N8O9S/c1-27-22-31(56-21-9-13-35(49)43-18-10-16-41)23-28(2)36(27)58(53,54)46-32(38(51)55-6)26-44-37(50)29-14-15-33-30(24-29)25-45-48(33)20-11-19-47(34-12-7-8-17-42-34)39(52)57-40(3,4)5/h7-8,12,14-15,17,22-25,32,46H,9-11,13,16,18-21,26,41H2,1-6H3,(H,43,49)(H,44,50)/t32-/m0/s1. The summed E-state index contributed by atoms with van der Waals surface area (Å²) in [7, 11) is -3.16. The molecule has 4 aromatic rings. The van der Waals surface area contributed by atoms with Crippen LogP contribution in [0.25, 0.3) is 10.9 Å². The zero-order chi connectivity index (χ0) is 42.5. The van der Waals surface area contributed by atoms with Crippen molar-refractivity contribution < 1.29 is 41.8 Å². The van der Waals surface area contributed by atoms with Crippen molar-refractivity contribution in [2.45, 2.75) is 83.4 Å². The summed E-state index contributed by atoms with van der Waals surface area (Å²) in [4.78, 5) is 56.7. The van der Waals surface area contributed by atoms with Gasteiger partial charge in [-0.05, 0) is 114 Å². The number of methoxy groups -OCH3 is 1. The highest BCUT2D eigenvalue weighted by atomic mass is 32.2. The second-order valence-corrected chi connectivity index (χ2v) is 16.2. The van der Waals surface area contributed by atoms with Gasteiger partial charge in [-0.15, -0.1) is 0 Å². The van der Waals surface area contributed by atoms with Crippen LogP contribution in [0.3, 0.4) is 0 Å². The number of amides is 3. The number of anilines is 1. The van der Waals surface area contributed by atoms with E-state index in [0.717, 1.165) is 12.6 Å². The molecular weight excluding hydrogens is 769 g/mol. The molecule has 0 aliphatic rings. The quantitative estimate of drug-likeness (QED) is 0.0739. The number of ether oxygens (including phenoxy) is 3. The average molecular weight is 823 g/mol. The van der Waals surface area contributed by atoms with E-state index in [2.05, 4.69) is 25.4 Å². The molecule has 2 aromatic heterocycles. The number of sulfonamides is 1. The molecule has 0 radical (unpaired) electrons. The summed E-state index contributed by atoms with van der Waals surface area (Å²) in [6, 6.07) is 12.0. The van der Waals surface area contributed by atoms with Crippen LogP contribution in [0, 0.1) is 13.8 Å². The molecule has 0 fully saturated rings. The molecule has 58 heavy (non-hydrogen) atoms. The fraction of sp³-hybridized carbons (Fsp3) is 0.450. The third kappa shape index (κ3) is 13.0. The Balaban J connectivity index is 1.36. The molecule has 2 aromatic carbocycles. The second-order valence-electron chi connectivity index (χ2n) is 14.6. The first kappa shape index (κ1) is 45.1. The van der Waals surface area contributed by atoms with Gasteiger partial charge < -0.3 is 30.6 Å². The van der Waals surface area contributed by atoms with Crippen LogP contribution < -0.4 is 30.7 Å². The summed E-state index contributed by atoms with van der Waals surface area (Å²) in [5.74, 6) is -0.639. The summed E-state index contributed by atoms with van der Waals surface area (Å²) in [5.41, 5.74) is 6.52. The number of pyridine rings is 1. The van der Waals surface area contributed by atoms with Gasteiger partial charge in [0.25, 0.3) is 5.91 Å². The van der Waals surface area contributed by atoms with Gasteiger partial charge in [-0.1, -0.05) is 6.07 Å². The predicted molar refractivity (Wildman–Crippen MR) is 218 cm³/mol. The molecular formula is C40H54N8O9S. The number of nitrogens with zero attached hydrogens (tertiary/aromatic N) is 4. The Kier molecular flexibility index (Phi) is 16.1. The first-order valence-electron chi connectivity index (χ1n) is 19.0. The van der Waals surface area contributed by atoms with Gasteiger partial charge in [-0.3, -0.25) is 24.0 Å². The maximum absolute atomic E-state index is 13.6. The van der Waals surface area contributed by atoms with E-state index >= 15 is 0 Å². The molecule has 2 heterocycles. The maximum Gasteiger partial charge on any atom is 0.416 e. The second kappa shape index (κ2) is 20.7. The number of benzene rings is 2. The van der Waals surface area contributed by atoms with Crippen molar-refractivity contribution in [1.29, 1.82) is 0 Å². The van der Waals surface area contributed by atoms with Crippen molar-refractivity contribution in [1.82, 2.24) is 30.1 Å². The highest BCUT2D eigenvalue weighted by Gasteiger charge is 2.30. The number of hydrogen-bond donors (Lipinski definition) is 4. The molecule has 0 saturated heterocycles. The number of nitrogens with two attached hydrogens (primary N) is 1. The number of hydrogen-bond acceptors (Lipinski definition) is 12. The summed E-state index contributed by atoms with van der Waals surface area (Å²) >= 11 is 0. The van der Waals surface area contributed by atoms with E-state index in [1.165, 1.54) is 4.90 Å². The van der Waals surface area contributed by atoms with E-state index in [-0.39, 0.29) is 29.4 Å². The van der Waals surface area contributed by atoms with Crippen LogP contribution in [0.1, 0.15) is 67.9 Å². The molecule has 1 atom stereocenters. The third-order valence-electron chi connectivity index (χ3n) is 8.67. The first-order chi connectivity index (χ1) is 27.5. The van der Waals surface area contributed by atoms with Crippen molar-refractivity contribution in [2.75, 3.05) is 44.8 Å². The monoisotopic (exact) mass is 822 g/mol. The fourth-order valence-corrected chi connectivity index (χ4v) is 7.67. The average Bonchev–Trinajstić information content (AvgIpc) is 3.57. The van der Waals surface area contributed by atoms with Gasteiger partial charge in [0.05, 0.1) is 30.3 Å². The number of rotatable bonds is 20. The van der Waals surface area contributed by atoms with Gasteiger partial charge in [0.1, 0.15) is 23.2 Å². The summed E-state index contributed by atoms with van der Waals surface area (Å²) < 4.78 is 47.7. The molecule has 0 aliphatic carbocycles. The third-order valence-corrected chi connectivity index (χ3v) is 10.4. The summed E-state index contributed by atoms with van der Waals surface area (Å²) in [5, 5.41) is 10.6. The van der Waals surface area contributed by atoms with Gasteiger partial charge >= 0.3 is 12.1 Å². The van der Waals surface area contributed by atoms with Gasteiger partial charge in [0.2, 0.25) is 15.9 Å². The van der Waals surface area contributed by atoms with Crippen LogP contribution in [0.5, 0.6) is 5.75 Å². The van der Waals surface area contributed by atoms with E-state index in [0.29, 0.717) is 73.5 Å². The number of carbonyl (C=O) groups excluding carboxylic acids is 4. The van der Waals surface area contributed by atoms with Crippen molar-refractivity contribution in [3.8, 4) is 5.75 Å². The van der Waals surface area contributed by atoms with Crippen LogP contribution in [-0.2, 0) is 35.6 Å². The van der Waals surface area contributed by atoms with E-state index in [9.17, 15) is 27.6 Å². The molecule has 0 bridgehead atoms. The minimum absolute atomic E-state index is 0.0453. The van der Waals surface area contributed by atoms with E-state index in [4.69, 9.17) is 19.9 Å². The Bertz CT molecular complexity index is 2130. The zero-order valence-electron chi connectivity index (χ0n) is 33.9. The fourth-order valence-electron chi connectivity index (χ4n) is 6.03. The van der Waals surface area contributed by atoms with Crippen molar-refractivity contribution in [3.63, 3.8) is 0 Å². The molecule has 0 spiro atoms. The zero-order valence-corrected chi connectivity index (χ0v) is 34.7. The Morgan fingerprint density at radius 1 is 0.983 bits per heavy atom. The molecule has 5 N–H and O–H groups in total. The van der Waals surface area contributed by atoms with Gasteiger partial charge in [-0.2, -0.15) is 9.82 Å². The smallest absolute Gasteiger partial charge is 0.416 e. The van der Waals surface area contributed by atoms with E-state index in [1.54, 1.807) is 100 Å². The van der Waals surface area contributed by atoms with E-state index in [1.807, 2.05) is 0 Å². The number of nitrogens with one attached hydrogen (secondary N) is 3. The Hall–Kier alpha value is -5.59. The van der Waals surface area contributed by atoms with Crippen molar-refractivity contribution in [2.24, 2.45) is 5.73 Å². The van der Waals surface area contributed by atoms with Gasteiger partial charge in [-0.25, -0.2) is 18.2 Å². The normalized spacial score (nSPS) is 12.1. The molecule has 314 valence electrons. The lowest BCUT2D eigenvalue weighted by atomic mass is 10.1. The Labute approximate surface area is 339 Å². The highest BCUT2D eigenvalue weighted by molar-refractivity contribution is 7.89. The number of aryl methyl sites for hydroxylation is 3. The molecule has 18 heteroatoms. The van der Waals surface area contributed by atoms with Crippen LogP contribution >= 0.6 is 0 Å². The number of aromatic nitrogens is 3. The molecule has 4 rings (SSSR count). The van der Waals surface area contributed by atoms with E-state index < -0.39 is 46.2 Å². The molecule has 0 unspecified atom stereocenters. The van der Waals surface area contributed by atoms with Gasteiger partial charge in [0.15, 0.2) is 0 Å². The lowest BCUT2D eigenvalue weighted by molar-refractivity contribution is -0.142. The van der Waals surface area contributed by atoms with Crippen LogP contribution in [-0.4, -0.2) is 98.6 Å². The van der Waals surface area contributed by atoms with Gasteiger partial charge in [0, 0.05) is 49.7 Å². The SMILES string of the molecule is COC(=O)[C@H](CNC(=O)c1ccc2c(cnn2CCCN(C(=O)OC(C)(C)C)c2ccccn2)c1)NS(=O)(=O)c1c(C)cc(OCCCC(=O)NCCCN)cc1C. The lowest BCUT2D eigenvalue weighted by Gasteiger charge is -2.26. The summed E-state index contributed by atoms with van der Waals surface area (Å²) in [6.45, 7) is 10.2. The number of esters is 1. The molecule has 0 saturated carbocycles. The van der Waals surface area contributed by atoms with Crippen molar-refractivity contribution >= 4 is 50.6 Å². The van der Waals surface area contributed by atoms with Crippen LogP contribution in [0.2, 0.25) is 0 Å². The summed E-state index contributed by atoms with van der Waals surface area (Å²) in [6.07, 6.45) is 4.67. The predicted octanol–water partition coefficient (Wildman–Crippen LogP) is 3.75. The highest BCUT2D eigenvalue weighted by Crippen LogP contribution is 2.26. The van der Waals surface area contributed by atoms with Crippen LogP contribution in [0.15, 0.2) is 65.8 Å². The Morgan fingerprint density at radius 2 is 1.72 bits per heavy atom. The molecule has 3 amide bonds. The molecule has 0 aliphatic heterocycles. The minimum Gasteiger partial charge on any atom is -0.494 e. The Morgan fingerprint density at radius 3 is 2.38 bits per heavy atom. The molecule has 17 nitrogen and oxygen atoms in total. The number of fused-ring (bicyclic) bond motifs is 1. The van der Waals surface area contributed by atoms with Crippen LogP contribution in [0.4, 0.5) is 10.6 Å². The minimum atomic E-state index is -4.28. The van der Waals surface area contributed by atoms with Crippen molar-refractivity contribution in [3.05, 3.63) is 77.6 Å². The largest absolute Gasteiger partial charge is 0.494 e. The first-order valence-corrected chi connectivity index (χ1v) is 20.5. The number of carbonyl (C=O) groups is 4.